The van der Waals surface area contributed by atoms with Crippen LogP contribution in [0.25, 0.3) is 0 Å². The Kier molecular flexibility index (Phi) is 7.17. The van der Waals surface area contributed by atoms with Crippen LogP contribution in [0.5, 0.6) is 5.88 Å². The summed E-state index contributed by atoms with van der Waals surface area (Å²) in [6.07, 6.45) is -2.12. The number of likely N-dealkylation sites (N-methyl/N-ethyl adjacent to an activating group) is 1. The average Bonchev–Trinajstić information content (AvgIpc) is 2.83. The van der Waals surface area contributed by atoms with Crippen molar-refractivity contribution in [1.29, 1.82) is 0 Å². The third-order valence-corrected chi connectivity index (χ3v) is 2.94. The normalized spacial score (nSPS) is 14.4. The van der Waals surface area contributed by atoms with Gasteiger partial charge in [0, 0.05) is 32.4 Å². The summed E-state index contributed by atoms with van der Waals surface area (Å²) in [5, 5.41) is 3.21. The smallest absolute Gasteiger partial charge is 0.422 e. The van der Waals surface area contributed by atoms with Crippen molar-refractivity contribution in [2.45, 2.75) is 12.6 Å². The van der Waals surface area contributed by atoms with Gasteiger partial charge in [0.25, 0.3) is 0 Å². The molecule has 0 unspecified atom stereocenters. The molecule has 0 saturated carbocycles. The zero-order valence-electron chi connectivity index (χ0n) is 12.1. The SMILES string of the molecule is CN1CCN=C1NCCc1ccc(OCC(F)(F)F)nc1.I. The highest BCUT2D eigenvalue weighted by atomic mass is 127. The van der Waals surface area contributed by atoms with Crippen molar-refractivity contribution in [2.24, 2.45) is 4.99 Å². The standard InChI is InChI=1S/C13H17F3N4O.HI/c1-20-7-6-18-12(20)17-5-4-10-2-3-11(19-8-10)21-9-13(14,15)16;/h2-3,8H,4-7,9H2,1H3,(H,17,18);1H. The van der Waals surface area contributed by atoms with Gasteiger partial charge in [-0.15, -0.1) is 24.0 Å². The molecule has 0 aromatic carbocycles. The van der Waals surface area contributed by atoms with Crippen LogP contribution < -0.4 is 10.1 Å². The molecule has 2 heterocycles. The van der Waals surface area contributed by atoms with Crippen molar-refractivity contribution in [2.75, 3.05) is 33.3 Å². The summed E-state index contributed by atoms with van der Waals surface area (Å²) in [6, 6.07) is 3.15. The second kappa shape index (κ2) is 8.39. The summed E-state index contributed by atoms with van der Waals surface area (Å²) in [5.74, 6) is 0.844. The van der Waals surface area contributed by atoms with Gasteiger partial charge in [-0.05, 0) is 12.0 Å². The lowest BCUT2D eigenvalue weighted by atomic mass is 10.2. The van der Waals surface area contributed by atoms with Crippen molar-refractivity contribution >= 4 is 29.9 Å². The number of guanidine groups is 1. The van der Waals surface area contributed by atoms with Crippen LogP contribution in [0.3, 0.4) is 0 Å². The largest absolute Gasteiger partial charge is 0.468 e. The predicted molar refractivity (Wildman–Crippen MR) is 87.8 cm³/mol. The molecule has 1 aliphatic heterocycles. The third-order valence-electron chi connectivity index (χ3n) is 2.94. The Morgan fingerprint density at radius 3 is 2.68 bits per heavy atom. The van der Waals surface area contributed by atoms with E-state index >= 15 is 0 Å². The first-order valence-corrected chi connectivity index (χ1v) is 6.58. The molecule has 124 valence electrons. The molecule has 22 heavy (non-hydrogen) atoms. The molecule has 0 bridgehead atoms. The van der Waals surface area contributed by atoms with Crippen LogP contribution >= 0.6 is 24.0 Å². The zero-order valence-corrected chi connectivity index (χ0v) is 14.4. The number of halogens is 4. The summed E-state index contributed by atoms with van der Waals surface area (Å²) in [7, 11) is 1.97. The number of nitrogens with one attached hydrogen (secondary N) is 1. The van der Waals surface area contributed by atoms with Gasteiger partial charge in [0.2, 0.25) is 5.88 Å². The molecule has 9 heteroatoms. The maximum Gasteiger partial charge on any atom is 0.422 e. The maximum absolute atomic E-state index is 12.0. The van der Waals surface area contributed by atoms with E-state index in [-0.39, 0.29) is 29.9 Å². The second-order valence-electron chi connectivity index (χ2n) is 4.71. The number of nitrogens with zero attached hydrogens (tertiary/aromatic N) is 3. The lowest BCUT2D eigenvalue weighted by Gasteiger charge is -2.15. The summed E-state index contributed by atoms with van der Waals surface area (Å²) >= 11 is 0. The number of aliphatic imine (C=N–C) groups is 1. The molecule has 1 aromatic rings. The number of aromatic nitrogens is 1. The molecule has 0 radical (unpaired) electrons. The van der Waals surface area contributed by atoms with Crippen LogP contribution in [0.4, 0.5) is 13.2 Å². The van der Waals surface area contributed by atoms with Crippen LogP contribution in [0, 0.1) is 0 Å². The minimum atomic E-state index is -4.35. The highest BCUT2D eigenvalue weighted by Gasteiger charge is 2.28. The lowest BCUT2D eigenvalue weighted by Crippen LogP contribution is -2.36. The molecule has 0 atom stereocenters. The molecular formula is C13H18F3IN4O. The van der Waals surface area contributed by atoms with Gasteiger partial charge in [0.05, 0.1) is 6.54 Å². The van der Waals surface area contributed by atoms with Gasteiger partial charge in [-0.2, -0.15) is 13.2 Å². The summed E-state index contributed by atoms with van der Waals surface area (Å²) in [6.45, 7) is 1.07. The van der Waals surface area contributed by atoms with Crippen molar-refractivity contribution < 1.29 is 17.9 Å². The van der Waals surface area contributed by atoms with Gasteiger partial charge >= 0.3 is 6.18 Å². The molecule has 0 amide bonds. The molecule has 1 aliphatic rings. The third kappa shape index (κ3) is 6.24. The topological polar surface area (TPSA) is 49.8 Å². The lowest BCUT2D eigenvalue weighted by molar-refractivity contribution is -0.154. The summed E-state index contributed by atoms with van der Waals surface area (Å²) in [4.78, 5) is 10.2. The number of hydrogen-bond donors (Lipinski definition) is 1. The first-order chi connectivity index (χ1) is 9.94. The fourth-order valence-electron chi connectivity index (χ4n) is 1.84. The Morgan fingerprint density at radius 2 is 2.14 bits per heavy atom. The van der Waals surface area contributed by atoms with Gasteiger partial charge in [0.1, 0.15) is 0 Å². The first-order valence-electron chi connectivity index (χ1n) is 6.58. The number of alkyl halides is 3. The average molecular weight is 430 g/mol. The van der Waals surface area contributed by atoms with E-state index in [0.717, 1.165) is 24.6 Å². The Labute approximate surface area is 144 Å². The Bertz CT molecular complexity index is 493. The molecular weight excluding hydrogens is 412 g/mol. The van der Waals surface area contributed by atoms with E-state index in [4.69, 9.17) is 0 Å². The predicted octanol–water partition coefficient (Wildman–Crippen LogP) is 2.07. The van der Waals surface area contributed by atoms with Gasteiger partial charge in [-0.3, -0.25) is 4.99 Å². The second-order valence-corrected chi connectivity index (χ2v) is 4.71. The van der Waals surface area contributed by atoms with Crippen LogP contribution in [-0.2, 0) is 6.42 Å². The van der Waals surface area contributed by atoms with Crippen LogP contribution in [0.2, 0.25) is 0 Å². The van der Waals surface area contributed by atoms with E-state index < -0.39 is 12.8 Å². The molecule has 1 N–H and O–H groups in total. The Hall–Kier alpha value is -1.26. The quantitative estimate of drug-likeness (QED) is 0.728. The Balaban J connectivity index is 0.00000242. The maximum atomic E-state index is 12.0. The van der Waals surface area contributed by atoms with Crippen molar-refractivity contribution in [3.8, 4) is 5.88 Å². The molecule has 0 saturated heterocycles. The van der Waals surface area contributed by atoms with E-state index in [1.807, 2.05) is 11.9 Å². The van der Waals surface area contributed by atoms with Gasteiger partial charge in [-0.1, -0.05) is 6.07 Å². The molecule has 1 aromatic heterocycles. The number of ether oxygens (including phenoxy) is 1. The summed E-state index contributed by atoms with van der Waals surface area (Å²) < 4.78 is 40.5. The van der Waals surface area contributed by atoms with Gasteiger partial charge < -0.3 is 15.0 Å². The molecule has 0 fully saturated rings. The fraction of sp³-hybridized carbons (Fsp3) is 0.538. The van der Waals surface area contributed by atoms with Gasteiger partial charge in [0.15, 0.2) is 12.6 Å². The minimum absolute atomic E-state index is 0. The van der Waals surface area contributed by atoms with Crippen LogP contribution in [-0.4, -0.2) is 55.3 Å². The number of hydrogen-bond acceptors (Lipinski definition) is 5. The highest BCUT2D eigenvalue weighted by molar-refractivity contribution is 14.0. The monoisotopic (exact) mass is 430 g/mol. The van der Waals surface area contributed by atoms with Crippen molar-refractivity contribution in [1.82, 2.24) is 15.2 Å². The Morgan fingerprint density at radius 1 is 1.36 bits per heavy atom. The molecule has 0 spiro atoms. The number of rotatable bonds is 5. The minimum Gasteiger partial charge on any atom is -0.468 e. The van der Waals surface area contributed by atoms with E-state index in [1.165, 1.54) is 12.3 Å². The first kappa shape index (κ1) is 18.8. The highest BCUT2D eigenvalue weighted by Crippen LogP contribution is 2.17. The zero-order chi connectivity index (χ0) is 15.3. The van der Waals surface area contributed by atoms with E-state index in [2.05, 4.69) is 20.0 Å². The van der Waals surface area contributed by atoms with E-state index in [0.29, 0.717) is 13.0 Å². The molecule has 0 aliphatic carbocycles. The van der Waals surface area contributed by atoms with E-state index in [1.54, 1.807) is 6.07 Å². The van der Waals surface area contributed by atoms with Gasteiger partial charge in [-0.25, -0.2) is 4.98 Å². The van der Waals surface area contributed by atoms with Crippen LogP contribution in [0.15, 0.2) is 23.3 Å². The molecule has 5 nitrogen and oxygen atoms in total. The van der Waals surface area contributed by atoms with E-state index in [9.17, 15) is 13.2 Å². The summed E-state index contributed by atoms with van der Waals surface area (Å²) in [5.41, 5.74) is 0.920. The van der Waals surface area contributed by atoms with Crippen molar-refractivity contribution in [3.05, 3.63) is 23.9 Å². The fourth-order valence-corrected chi connectivity index (χ4v) is 1.84. The number of pyridine rings is 1. The van der Waals surface area contributed by atoms with Crippen molar-refractivity contribution in [3.63, 3.8) is 0 Å². The van der Waals surface area contributed by atoms with Crippen LogP contribution in [0.1, 0.15) is 5.56 Å². The molecule has 2 rings (SSSR count).